The van der Waals surface area contributed by atoms with E-state index in [9.17, 15) is 0 Å². The molecule has 3 heteroatoms. The van der Waals surface area contributed by atoms with Crippen LogP contribution >= 0.6 is 0 Å². The van der Waals surface area contributed by atoms with Crippen molar-refractivity contribution in [3.63, 3.8) is 0 Å². The Hall–Kier alpha value is -4.24. The largest absolute Gasteiger partial charge is 0.310 e. The molecular weight excluding hydrogens is 438 g/mol. The van der Waals surface area contributed by atoms with Gasteiger partial charge in [0, 0.05) is 40.8 Å². The molecule has 6 rings (SSSR count). The van der Waals surface area contributed by atoms with Gasteiger partial charge in [0.1, 0.15) is 0 Å². The van der Waals surface area contributed by atoms with Crippen molar-refractivity contribution in [2.75, 3.05) is 4.90 Å². The molecule has 0 N–H and O–H groups in total. The van der Waals surface area contributed by atoms with E-state index in [0.717, 1.165) is 28.1 Å². The summed E-state index contributed by atoms with van der Waals surface area (Å²) in [5.74, 6) is 0. The first kappa shape index (κ1) is 22.2. The third-order valence-electron chi connectivity index (χ3n) is 7.26. The van der Waals surface area contributed by atoms with Crippen molar-refractivity contribution in [3.8, 4) is 22.4 Å². The van der Waals surface area contributed by atoms with Crippen LogP contribution in [0.1, 0.15) is 36.1 Å². The third kappa shape index (κ3) is 3.68. The van der Waals surface area contributed by atoms with Crippen LogP contribution in [0, 0.1) is 13.8 Å². The van der Waals surface area contributed by atoms with E-state index in [4.69, 9.17) is 0 Å². The molecule has 0 aliphatic carbocycles. The summed E-state index contributed by atoms with van der Waals surface area (Å²) in [7, 11) is 0. The molecule has 0 saturated heterocycles. The Morgan fingerprint density at radius 3 is 1.94 bits per heavy atom. The molecule has 36 heavy (non-hydrogen) atoms. The molecule has 2 aromatic heterocycles. The van der Waals surface area contributed by atoms with Gasteiger partial charge in [-0.3, -0.25) is 9.97 Å². The van der Waals surface area contributed by atoms with Crippen molar-refractivity contribution in [2.24, 2.45) is 0 Å². The van der Waals surface area contributed by atoms with Crippen LogP contribution in [-0.2, 0) is 5.41 Å². The van der Waals surface area contributed by atoms with Gasteiger partial charge in [-0.1, -0.05) is 61.4 Å². The van der Waals surface area contributed by atoms with Gasteiger partial charge < -0.3 is 4.90 Å². The van der Waals surface area contributed by atoms with Crippen LogP contribution in [0.3, 0.4) is 0 Å². The fraction of sp³-hybridized carbons (Fsp3) is 0.152. The molecule has 0 unspecified atom stereocenters. The molecular formula is C33H29N3. The highest BCUT2D eigenvalue weighted by molar-refractivity contribution is 5.89. The minimum absolute atomic E-state index is 0.107. The molecule has 0 bridgehead atoms. The lowest BCUT2D eigenvalue weighted by Gasteiger charge is -2.42. The van der Waals surface area contributed by atoms with Crippen LogP contribution in [0.4, 0.5) is 17.1 Å². The van der Waals surface area contributed by atoms with Gasteiger partial charge in [-0.25, -0.2) is 0 Å². The Morgan fingerprint density at radius 2 is 1.33 bits per heavy atom. The van der Waals surface area contributed by atoms with E-state index in [2.05, 4.69) is 109 Å². The SMILES string of the molecule is Cc1ccc2c(c1)C(C)(C)c1cc(C)ccc1N2c1cc(-c2cccnc2)cc(-c2ccccn2)c1. The zero-order valence-corrected chi connectivity index (χ0v) is 21.2. The van der Waals surface area contributed by atoms with Crippen molar-refractivity contribution in [1.29, 1.82) is 0 Å². The second-order valence-electron chi connectivity index (χ2n) is 10.2. The molecule has 5 aromatic rings. The molecule has 3 heterocycles. The lowest BCUT2D eigenvalue weighted by molar-refractivity contribution is 0.630. The Morgan fingerprint density at radius 1 is 0.639 bits per heavy atom. The molecule has 0 amide bonds. The number of nitrogens with zero attached hydrogens (tertiary/aromatic N) is 3. The molecule has 0 radical (unpaired) electrons. The van der Waals surface area contributed by atoms with Crippen LogP contribution in [0.5, 0.6) is 0 Å². The summed E-state index contributed by atoms with van der Waals surface area (Å²) in [5.41, 5.74) is 12.9. The van der Waals surface area contributed by atoms with E-state index in [1.807, 2.05) is 36.8 Å². The van der Waals surface area contributed by atoms with Crippen molar-refractivity contribution < 1.29 is 0 Å². The fourth-order valence-corrected chi connectivity index (χ4v) is 5.37. The molecule has 3 aromatic carbocycles. The van der Waals surface area contributed by atoms with Crippen molar-refractivity contribution >= 4 is 17.1 Å². The van der Waals surface area contributed by atoms with Crippen LogP contribution in [0.15, 0.2) is 104 Å². The summed E-state index contributed by atoms with van der Waals surface area (Å²) in [6.45, 7) is 9.03. The number of anilines is 3. The lowest BCUT2D eigenvalue weighted by Crippen LogP contribution is -2.31. The number of pyridine rings is 2. The maximum absolute atomic E-state index is 4.67. The van der Waals surface area contributed by atoms with Crippen molar-refractivity contribution in [3.05, 3.63) is 126 Å². The molecule has 176 valence electrons. The van der Waals surface area contributed by atoms with Crippen LogP contribution < -0.4 is 4.90 Å². The topological polar surface area (TPSA) is 29.0 Å². The first-order chi connectivity index (χ1) is 17.4. The quantitative estimate of drug-likeness (QED) is 0.266. The average molecular weight is 468 g/mol. The van der Waals surface area contributed by atoms with Gasteiger partial charge in [-0.15, -0.1) is 0 Å². The number of rotatable bonds is 3. The average Bonchev–Trinajstić information content (AvgIpc) is 2.90. The first-order valence-corrected chi connectivity index (χ1v) is 12.4. The van der Waals surface area contributed by atoms with E-state index < -0.39 is 0 Å². The van der Waals surface area contributed by atoms with Gasteiger partial charge in [-0.2, -0.15) is 0 Å². The monoisotopic (exact) mass is 467 g/mol. The fourth-order valence-electron chi connectivity index (χ4n) is 5.37. The van der Waals surface area contributed by atoms with Crippen LogP contribution in [0.2, 0.25) is 0 Å². The Bertz CT molecular complexity index is 1460. The zero-order valence-electron chi connectivity index (χ0n) is 21.2. The summed E-state index contributed by atoms with van der Waals surface area (Å²) in [6, 6.07) is 30.6. The maximum atomic E-state index is 4.67. The molecule has 1 aliphatic rings. The number of benzene rings is 3. The van der Waals surface area contributed by atoms with Gasteiger partial charge in [-0.05, 0) is 79.1 Å². The van der Waals surface area contributed by atoms with E-state index >= 15 is 0 Å². The standard InChI is InChI=1S/C33H29N3/c1-22-10-12-31-28(16-22)33(3,4)29-17-23(2)11-13-32(29)36(31)27-19-25(24-8-7-14-34-21-24)18-26(20-27)30-9-5-6-15-35-30/h5-21H,1-4H3. The normalized spacial score (nSPS) is 13.7. The van der Waals surface area contributed by atoms with E-state index in [-0.39, 0.29) is 5.41 Å². The summed E-state index contributed by atoms with van der Waals surface area (Å²) in [4.78, 5) is 11.5. The van der Waals surface area contributed by atoms with Gasteiger partial charge in [0.2, 0.25) is 0 Å². The van der Waals surface area contributed by atoms with Gasteiger partial charge in [0.25, 0.3) is 0 Å². The minimum atomic E-state index is -0.107. The summed E-state index contributed by atoms with van der Waals surface area (Å²) in [6.07, 6.45) is 5.59. The maximum Gasteiger partial charge on any atom is 0.0702 e. The number of hydrogen-bond donors (Lipinski definition) is 0. The molecule has 3 nitrogen and oxygen atoms in total. The predicted octanol–water partition coefficient (Wildman–Crippen LogP) is 8.54. The lowest BCUT2D eigenvalue weighted by atomic mass is 9.72. The second kappa shape index (κ2) is 8.46. The van der Waals surface area contributed by atoms with Crippen molar-refractivity contribution in [2.45, 2.75) is 33.1 Å². The summed E-state index contributed by atoms with van der Waals surface area (Å²) in [5, 5.41) is 0. The van der Waals surface area contributed by atoms with Crippen LogP contribution in [-0.4, -0.2) is 9.97 Å². The highest BCUT2D eigenvalue weighted by Gasteiger charge is 2.37. The smallest absolute Gasteiger partial charge is 0.0702 e. The molecule has 0 spiro atoms. The first-order valence-electron chi connectivity index (χ1n) is 12.4. The highest BCUT2D eigenvalue weighted by Crippen LogP contribution is 2.52. The molecule has 0 saturated carbocycles. The minimum Gasteiger partial charge on any atom is -0.310 e. The number of fused-ring (bicyclic) bond motifs is 2. The number of aryl methyl sites for hydroxylation is 2. The number of aromatic nitrogens is 2. The highest BCUT2D eigenvalue weighted by atomic mass is 15.2. The zero-order chi connectivity index (χ0) is 24.9. The molecule has 0 fully saturated rings. The number of hydrogen-bond acceptors (Lipinski definition) is 3. The van der Waals surface area contributed by atoms with Gasteiger partial charge >= 0.3 is 0 Å². The summed E-state index contributed by atoms with van der Waals surface area (Å²) >= 11 is 0. The predicted molar refractivity (Wildman–Crippen MR) is 149 cm³/mol. The van der Waals surface area contributed by atoms with Gasteiger partial charge in [0.15, 0.2) is 0 Å². The van der Waals surface area contributed by atoms with Crippen LogP contribution in [0.25, 0.3) is 22.4 Å². The van der Waals surface area contributed by atoms with E-state index in [1.165, 1.54) is 33.6 Å². The molecule has 0 atom stereocenters. The Labute approximate surface area is 213 Å². The van der Waals surface area contributed by atoms with Crippen molar-refractivity contribution in [1.82, 2.24) is 9.97 Å². The Balaban J connectivity index is 1.65. The second-order valence-corrected chi connectivity index (χ2v) is 10.2. The third-order valence-corrected chi connectivity index (χ3v) is 7.26. The Kier molecular flexibility index (Phi) is 5.22. The molecule has 1 aliphatic heterocycles. The summed E-state index contributed by atoms with van der Waals surface area (Å²) < 4.78 is 0. The van der Waals surface area contributed by atoms with E-state index in [1.54, 1.807) is 0 Å². The van der Waals surface area contributed by atoms with E-state index in [0.29, 0.717) is 0 Å². The van der Waals surface area contributed by atoms with Gasteiger partial charge in [0.05, 0.1) is 17.1 Å².